The van der Waals surface area contributed by atoms with E-state index in [2.05, 4.69) is 70.2 Å². The Hall–Kier alpha value is -1.56. The zero-order valence-corrected chi connectivity index (χ0v) is 11.8. The fourth-order valence-electron chi connectivity index (χ4n) is 2.54. The maximum absolute atomic E-state index is 2.32. The molecule has 18 heavy (non-hydrogen) atoms. The van der Waals surface area contributed by atoms with E-state index in [0.29, 0.717) is 5.92 Å². The highest BCUT2D eigenvalue weighted by molar-refractivity contribution is 5.74. The Bertz CT molecular complexity index is 537. The van der Waals surface area contributed by atoms with E-state index in [4.69, 9.17) is 0 Å². The summed E-state index contributed by atoms with van der Waals surface area (Å²) >= 11 is 0. The van der Waals surface area contributed by atoms with Gasteiger partial charge in [0, 0.05) is 0 Å². The van der Waals surface area contributed by atoms with Crippen LogP contribution in [0.15, 0.2) is 42.5 Å². The van der Waals surface area contributed by atoms with Gasteiger partial charge >= 0.3 is 0 Å². The molecular weight excluding hydrogens is 216 g/mol. The second kappa shape index (κ2) is 5.39. The van der Waals surface area contributed by atoms with Gasteiger partial charge in [-0.05, 0) is 54.0 Å². The minimum atomic E-state index is 0.611. The Morgan fingerprint density at radius 2 is 1.56 bits per heavy atom. The van der Waals surface area contributed by atoms with Crippen molar-refractivity contribution in [2.45, 2.75) is 40.0 Å². The van der Waals surface area contributed by atoms with E-state index in [9.17, 15) is 0 Å². The number of hydrogen-bond acceptors (Lipinski definition) is 0. The molecule has 0 nitrogen and oxygen atoms in total. The molecule has 2 rings (SSSR count). The molecule has 0 bridgehead atoms. The Labute approximate surface area is 111 Å². The first-order chi connectivity index (χ1) is 8.65. The minimum Gasteiger partial charge on any atom is -0.0648 e. The summed E-state index contributed by atoms with van der Waals surface area (Å²) in [5, 5.41) is 0. The molecular formula is C18H22. The Balaban J connectivity index is 2.66. The van der Waals surface area contributed by atoms with E-state index >= 15 is 0 Å². The summed E-state index contributed by atoms with van der Waals surface area (Å²) in [6.45, 7) is 8.99. The largest absolute Gasteiger partial charge is 0.0648 e. The van der Waals surface area contributed by atoms with Gasteiger partial charge in [0.15, 0.2) is 0 Å². The Morgan fingerprint density at radius 3 is 2.22 bits per heavy atom. The smallest absolute Gasteiger partial charge is 0.0117 e. The van der Waals surface area contributed by atoms with E-state index in [1.165, 1.54) is 34.2 Å². The number of hydrogen-bond donors (Lipinski definition) is 0. The molecule has 0 N–H and O–H groups in total. The van der Waals surface area contributed by atoms with Crippen molar-refractivity contribution >= 4 is 0 Å². The first-order valence-electron chi connectivity index (χ1n) is 6.80. The SMILES string of the molecule is CCC(C)c1cccc(C)c1-c1ccccc1C. The van der Waals surface area contributed by atoms with Gasteiger partial charge in [0.25, 0.3) is 0 Å². The lowest BCUT2D eigenvalue weighted by atomic mass is 9.86. The molecule has 1 unspecified atom stereocenters. The summed E-state index contributed by atoms with van der Waals surface area (Å²) in [7, 11) is 0. The van der Waals surface area contributed by atoms with Gasteiger partial charge in [0.05, 0.1) is 0 Å². The normalized spacial score (nSPS) is 12.4. The lowest BCUT2D eigenvalue weighted by molar-refractivity contribution is 0.734. The van der Waals surface area contributed by atoms with Gasteiger partial charge in [-0.15, -0.1) is 0 Å². The first kappa shape index (κ1) is 12.9. The van der Waals surface area contributed by atoms with Crippen LogP contribution in [-0.4, -0.2) is 0 Å². The fraction of sp³-hybridized carbons (Fsp3) is 0.333. The van der Waals surface area contributed by atoms with Gasteiger partial charge in [-0.3, -0.25) is 0 Å². The topological polar surface area (TPSA) is 0 Å². The van der Waals surface area contributed by atoms with Crippen LogP contribution >= 0.6 is 0 Å². The number of benzene rings is 2. The van der Waals surface area contributed by atoms with Crippen LogP contribution in [0.2, 0.25) is 0 Å². The van der Waals surface area contributed by atoms with Crippen LogP contribution in [0.25, 0.3) is 11.1 Å². The molecule has 2 aromatic rings. The molecule has 0 aliphatic rings. The zero-order chi connectivity index (χ0) is 13.1. The molecule has 0 aliphatic carbocycles. The average molecular weight is 238 g/mol. The molecule has 0 spiro atoms. The molecule has 0 radical (unpaired) electrons. The summed E-state index contributed by atoms with van der Waals surface area (Å²) in [6, 6.07) is 15.4. The number of aryl methyl sites for hydroxylation is 2. The third-order valence-electron chi connectivity index (χ3n) is 3.86. The van der Waals surface area contributed by atoms with E-state index in [1.54, 1.807) is 0 Å². The standard InChI is InChI=1S/C18H22/c1-5-13(2)16-12-8-10-15(4)18(16)17-11-7-6-9-14(17)3/h6-13H,5H2,1-4H3. The van der Waals surface area contributed by atoms with E-state index in [1.807, 2.05) is 0 Å². The number of rotatable bonds is 3. The van der Waals surface area contributed by atoms with Crippen molar-refractivity contribution in [1.82, 2.24) is 0 Å². The predicted octanol–water partition coefficient (Wildman–Crippen LogP) is 5.48. The van der Waals surface area contributed by atoms with Gasteiger partial charge in [-0.25, -0.2) is 0 Å². The second-order valence-corrected chi connectivity index (χ2v) is 5.16. The summed E-state index contributed by atoms with van der Waals surface area (Å²) in [4.78, 5) is 0. The molecule has 0 heterocycles. The van der Waals surface area contributed by atoms with Crippen molar-refractivity contribution in [2.24, 2.45) is 0 Å². The summed E-state index contributed by atoms with van der Waals surface area (Å²) in [5.41, 5.74) is 7.03. The maximum atomic E-state index is 2.32. The molecule has 0 aliphatic heterocycles. The van der Waals surface area contributed by atoms with Crippen molar-refractivity contribution in [3.05, 3.63) is 59.2 Å². The average Bonchev–Trinajstić information content (AvgIpc) is 2.39. The lowest BCUT2D eigenvalue weighted by Gasteiger charge is -2.19. The highest BCUT2D eigenvalue weighted by Gasteiger charge is 2.13. The molecule has 0 saturated carbocycles. The maximum Gasteiger partial charge on any atom is -0.0117 e. The van der Waals surface area contributed by atoms with Gasteiger partial charge in [-0.1, -0.05) is 56.3 Å². The van der Waals surface area contributed by atoms with E-state index < -0.39 is 0 Å². The van der Waals surface area contributed by atoms with E-state index in [0.717, 1.165) is 0 Å². The molecule has 0 heteroatoms. The van der Waals surface area contributed by atoms with Crippen molar-refractivity contribution in [1.29, 1.82) is 0 Å². The summed E-state index contributed by atoms with van der Waals surface area (Å²) < 4.78 is 0. The van der Waals surface area contributed by atoms with Crippen molar-refractivity contribution < 1.29 is 0 Å². The Kier molecular flexibility index (Phi) is 3.86. The van der Waals surface area contributed by atoms with Gasteiger partial charge in [-0.2, -0.15) is 0 Å². The monoisotopic (exact) mass is 238 g/mol. The van der Waals surface area contributed by atoms with Crippen molar-refractivity contribution in [2.75, 3.05) is 0 Å². The second-order valence-electron chi connectivity index (χ2n) is 5.16. The predicted molar refractivity (Wildman–Crippen MR) is 80.1 cm³/mol. The van der Waals surface area contributed by atoms with Crippen molar-refractivity contribution in [3.8, 4) is 11.1 Å². The van der Waals surface area contributed by atoms with Crippen LogP contribution in [0.4, 0.5) is 0 Å². The zero-order valence-electron chi connectivity index (χ0n) is 11.8. The molecule has 0 aromatic heterocycles. The van der Waals surface area contributed by atoms with Crippen LogP contribution < -0.4 is 0 Å². The third-order valence-corrected chi connectivity index (χ3v) is 3.86. The van der Waals surface area contributed by atoms with Crippen LogP contribution in [0.3, 0.4) is 0 Å². The van der Waals surface area contributed by atoms with Crippen LogP contribution in [-0.2, 0) is 0 Å². The van der Waals surface area contributed by atoms with Gasteiger partial charge in [0.1, 0.15) is 0 Å². The Morgan fingerprint density at radius 1 is 0.889 bits per heavy atom. The quantitative estimate of drug-likeness (QED) is 0.663. The molecule has 0 fully saturated rings. The minimum absolute atomic E-state index is 0.611. The molecule has 0 amide bonds. The summed E-state index contributed by atoms with van der Waals surface area (Å²) in [6.07, 6.45) is 1.18. The first-order valence-corrected chi connectivity index (χ1v) is 6.80. The highest BCUT2D eigenvalue weighted by atomic mass is 14.2. The highest BCUT2D eigenvalue weighted by Crippen LogP contribution is 2.35. The van der Waals surface area contributed by atoms with Gasteiger partial charge < -0.3 is 0 Å². The van der Waals surface area contributed by atoms with Crippen LogP contribution in [0.1, 0.15) is 42.9 Å². The molecule has 1 atom stereocenters. The molecule has 94 valence electrons. The summed E-state index contributed by atoms with van der Waals surface area (Å²) in [5.74, 6) is 0.611. The van der Waals surface area contributed by atoms with Crippen LogP contribution in [0.5, 0.6) is 0 Å². The lowest BCUT2D eigenvalue weighted by Crippen LogP contribution is -1.98. The van der Waals surface area contributed by atoms with E-state index in [-0.39, 0.29) is 0 Å². The fourth-order valence-corrected chi connectivity index (χ4v) is 2.54. The van der Waals surface area contributed by atoms with Crippen LogP contribution in [0, 0.1) is 13.8 Å². The van der Waals surface area contributed by atoms with Crippen molar-refractivity contribution in [3.63, 3.8) is 0 Å². The van der Waals surface area contributed by atoms with Gasteiger partial charge in [0.2, 0.25) is 0 Å². The molecule has 0 saturated heterocycles. The third kappa shape index (κ3) is 2.33. The molecule has 2 aromatic carbocycles.